The van der Waals surface area contributed by atoms with Crippen LogP contribution in [0.25, 0.3) is 0 Å². The normalized spacial score (nSPS) is 10.2. The zero-order valence-electron chi connectivity index (χ0n) is 8.57. The maximum atomic E-state index is 11.3. The lowest BCUT2D eigenvalue weighted by Gasteiger charge is -2.00. The van der Waals surface area contributed by atoms with Crippen molar-refractivity contribution in [1.82, 2.24) is 0 Å². The molecule has 2 aromatic rings. The summed E-state index contributed by atoms with van der Waals surface area (Å²) in [5.74, 6) is 0.155. The van der Waals surface area contributed by atoms with Crippen molar-refractivity contribution in [3.05, 3.63) is 57.8 Å². The third-order valence-electron chi connectivity index (χ3n) is 2.33. The van der Waals surface area contributed by atoms with E-state index >= 15 is 0 Å². The van der Waals surface area contributed by atoms with Crippen LogP contribution in [-0.2, 0) is 6.42 Å². The first-order chi connectivity index (χ1) is 7.27. The van der Waals surface area contributed by atoms with E-state index in [1.54, 1.807) is 18.3 Å². The summed E-state index contributed by atoms with van der Waals surface area (Å²) in [7, 11) is 0. The molecule has 0 fully saturated rings. The summed E-state index contributed by atoms with van der Waals surface area (Å²) in [5, 5.41) is 1.98. The Balaban J connectivity index is 2.25. The molecule has 2 heteroatoms. The minimum absolute atomic E-state index is 0.155. The second-order valence-corrected chi connectivity index (χ2v) is 4.48. The first kappa shape index (κ1) is 10.1. The number of carbonyl (C=O) groups excluding carboxylic acids is 1. The third-order valence-corrected chi connectivity index (χ3v) is 3.25. The lowest BCUT2D eigenvalue weighted by Crippen LogP contribution is -1.95. The second-order valence-electron chi connectivity index (χ2n) is 3.48. The van der Waals surface area contributed by atoms with E-state index in [-0.39, 0.29) is 5.78 Å². The summed E-state index contributed by atoms with van der Waals surface area (Å²) < 4.78 is 0. The molecule has 0 radical (unpaired) electrons. The average Bonchev–Trinajstić information content (AvgIpc) is 2.67. The molecule has 76 valence electrons. The van der Waals surface area contributed by atoms with Crippen molar-refractivity contribution >= 4 is 17.1 Å². The van der Waals surface area contributed by atoms with Crippen LogP contribution >= 0.6 is 11.3 Å². The van der Waals surface area contributed by atoms with Crippen LogP contribution in [0, 0.1) is 0 Å². The van der Waals surface area contributed by atoms with Crippen molar-refractivity contribution in [2.24, 2.45) is 0 Å². The Bertz CT molecular complexity index is 456. The van der Waals surface area contributed by atoms with Crippen LogP contribution in [0.1, 0.15) is 27.7 Å². The van der Waals surface area contributed by atoms with Crippen LogP contribution in [0.15, 0.2) is 41.8 Å². The predicted octanol–water partition coefficient (Wildman–Crippen LogP) is 3.54. The maximum absolute atomic E-state index is 11.3. The molecule has 0 atom stereocenters. The molecule has 0 bridgehead atoms. The third kappa shape index (κ3) is 2.34. The van der Waals surface area contributed by atoms with E-state index < -0.39 is 0 Å². The Morgan fingerprint density at radius 2 is 1.93 bits per heavy atom. The van der Waals surface area contributed by atoms with Crippen molar-refractivity contribution in [2.75, 3.05) is 0 Å². The van der Waals surface area contributed by atoms with Gasteiger partial charge in [-0.2, -0.15) is 0 Å². The molecule has 15 heavy (non-hydrogen) atoms. The zero-order valence-corrected chi connectivity index (χ0v) is 9.38. The molecule has 1 heterocycles. The van der Waals surface area contributed by atoms with Gasteiger partial charge < -0.3 is 0 Å². The molecule has 1 aromatic carbocycles. The fourth-order valence-corrected chi connectivity index (χ4v) is 2.53. The Morgan fingerprint density at radius 3 is 2.60 bits per heavy atom. The molecule has 0 N–H and O–H groups in total. The van der Waals surface area contributed by atoms with Crippen LogP contribution in [-0.4, -0.2) is 5.78 Å². The van der Waals surface area contributed by atoms with Gasteiger partial charge in [0.25, 0.3) is 0 Å². The van der Waals surface area contributed by atoms with Crippen LogP contribution in [0.2, 0.25) is 0 Å². The number of benzene rings is 1. The summed E-state index contributed by atoms with van der Waals surface area (Å²) in [4.78, 5) is 12.5. The van der Waals surface area contributed by atoms with E-state index in [1.807, 2.05) is 29.6 Å². The molecule has 0 aliphatic carbocycles. The van der Waals surface area contributed by atoms with Gasteiger partial charge in [-0.1, -0.05) is 30.3 Å². The minimum atomic E-state index is 0.155. The lowest BCUT2D eigenvalue weighted by molar-refractivity contribution is 0.101. The molecule has 0 aliphatic rings. The van der Waals surface area contributed by atoms with Gasteiger partial charge in [0.1, 0.15) is 0 Å². The molecular formula is C13H12OS. The number of thiophene rings is 1. The van der Waals surface area contributed by atoms with Crippen LogP contribution in [0.3, 0.4) is 0 Å². The van der Waals surface area contributed by atoms with Crippen molar-refractivity contribution in [3.8, 4) is 0 Å². The van der Waals surface area contributed by atoms with Gasteiger partial charge in [-0.3, -0.25) is 4.79 Å². The number of carbonyl (C=O) groups is 1. The van der Waals surface area contributed by atoms with E-state index in [0.29, 0.717) is 0 Å². The molecule has 1 aromatic heterocycles. The SMILES string of the molecule is CC(=O)c1ccsc1Cc1ccccc1. The molecule has 0 unspecified atom stereocenters. The van der Waals surface area contributed by atoms with E-state index in [4.69, 9.17) is 0 Å². The molecule has 0 saturated heterocycles. The van der Waals surface area contributed by atoms with Gasteiger partial charge in [0.15, 0.2) is 5.78 Å². The summed E-state index contributed by atoms with van der Waals surface area (Å²) in [6.45, 7) is 1.62. The largest absolute Gasteiger partial charge is 0.294 e. The van der Waals surface area contributed by atoms with Crippen molar-refractivity contribution in [2.45, 2.75) is 13.3 Å². The Labute approximate surface area is 93.4 Å². The maximum Gasteiger partial charge on any atom is 0.160 e. The van der Waals surface area contributed by atoms with Gasteiger partial charge >= 0.3 is 0 Å². The van der Waals surface area contributed by atoms with Gasteiger partial charge in [0.2, 0.25) is 0 Å². The van der Waals surface area contributed by atoms with Gasteiger partial charge in [-0.05, 0) is 23.9 Å². The number of Topliss-reactive ketones (excluding diaryl/α,β-unsaturated/α-hetero) is 1. The summed E-state index contributed by atoms with van der Waals surface area (Å²) in [5.41, 5.74) is 2.12. The smallest absolute Gasteiger partial charge is 0.160 e. The number of ketones is 1. The average molecular weight is 216 g/mol. The highest BCUT2D eigenvalue weighted by atomic mass is 32.1. The zero-order chi connectivity index (χ0) is 10.7. The Kier molecular flexibility index (Phi) is 2.97. The highest BCUT2D eigenvalue weighted by Gasteiger charge is 2.08. The molecule has 0 aliphatic heterocycles. The van der Waals surface area contributed by atoms with Crippen molar-refractivity contribution in [3.63, 3.8) is 0 Å². The standard InChI is InChI=1S/C13H12OS/c1-10(14)12-7-8-15-13(12)9-11-5-3-2-4-6-11/h2-8H,9H2,1H3. The van der Waals surface area contributed by atoms with Crippen molar-refractivity contribution in [1.29, 1.82) is 0 Å². The van der Waals surface area contributed by atoms with Gasteiger partial charge in [-0.15, -0.1) is 11.3 Å². The lowest BCUT2D eigenvalue weighted by atomic mass is 10.1. The summed E-state index contributed by atoms with van der Waals surface area (Å²) in [6, 6.07) is 12.1. The predicted molar refractivity (Wildman–Crippen MR) is 63.6 cm³/mol. The van der Waals surface area contributed by atoms with Crippen LogP contribution in [0.4, 0.5) is 0 Å². The quantitative estimate of drug-likeness (QED) is 0.717. The molecule has 0 amide bonds. The van der Waals surface area contributed by atoms with Gasteiger partial charge in [-0.25, -0.2) is 0 Å². The first-order valence-corrected chi connectivity index (χ1v) is 5.76. The van der Waals surface area contributed by atoms with Crippen LogP contribution in [0.5, 0.6) is 0 Å². The van der Waals surface area contributed by atoms with Crippen LogP contribution < -0.4 is 0 Å². The number of rotatable bonds is 3. The highest BCUT2D eigenvalue weighted by molar-refractivity contribution is 7.10. The second kappa shape index (κ2) is 4.41. The molecule has 0 spiro atoms. The molecular weight excluding hydrogens is 204 g/mol. The first-order valence-electron chi connectivity index (χ1n) is 4.88. The number of hydrogen-bond donors (Lipinski definition) is 0. The Morgan fingerprint density at radius 1 is 1.20 bits per heavy atom. The van der Waals surface area contributed by atoms with Gasteiger partial charge in [0.05, 0.1) is 0 Å². The summed E-state index contributed by atoms with van der Waals surface area (Å²) in [6.07, 6.45) is 0.855. The fourth-order valence-electron chi connectivity index (χ4n) is 1.57. The van der Waals surface area contributed by atoms with Gasteiger partial charge in [0, 0.05) is 16.9 Å². The molecule has 2 rings (SSSR count). The monoisotopic (exact) mass is 216 g/mol. The highest BCUT2D eigenvalue weighted by Crippen LogP contribution is 2.20. The fraction of sp³-hybridized carbons (Fsp3) is 0.154. The van der Waals surface area contributed by atoms with Crippen molar-refractivity contribution < 1.29 is 4.79 Å². The Hall–Kier alpha value is -1.41. The molecule has 0 saturated carbocycles. The van der Waals surface area contributed by atoms with E-state index in [0.717, 1.165) is 16.9 Å². The summed E-state index contributed by atoms with van der Waals surface area (Å²) >= 11 is 1.65. The van der Waals surface area contributed by atoms with E-state index in [2.05, 4.69) is 12.1 Å². The minimum Gasteiger partial charge on any atom is -0.294 e. The van der Waals surface area contributed by atoms with E-state index in [1.165, 1.54) is 5.56 Å². The number of hydrogen-bond acceptors (Lipinski definition) is 2. The topological polar surface area (TPSA) is 17.1 Å². The van der Waals surface area contributed by atoms with E-state index in [9.17, 15) is 4.79 Å². The molecule has 1 nitrogen and oxygen atoms in total.